The van der Waals surface area contributed by atoms with E-state index >= 15 is 0 Å². The lowest BCUT2D eigenvalue weighted by Crippen LogP contribution is -2.42. The Balaban J connectivity index is 1.99. The van der Waals surface area contributed by atoms with Crippen molar-refractivity contribution < 1.29 is 0 Å². The highest BCUT2D eigenvalue weighted by molar-refractivity contribution is 5.56. The second-order valence-corrected chi connectivity index (χ2v) is 4.05. The summed E-state index contributed by atoms with van der Waals surface area (Å²) in [7, 11) is 0. The number of nitrogens with zero attached hydrogens (tertiary/aromatic N) is 1. The van der Waals surface area contributed by atoms with E-state index in [2.05, 4.69) is 10.5 Å². The Labute approximate surface area is 86.1 Å². The smallest absolute Gasteiger partial charge is 0.142 e. The minimum atomic E-state index is -0.541. The number of nitrogens with two attached hydrogens (primary N) is 2. The van der Waals surface area contributed by atoms with Crippen LogP contribution in [0, 0.1) is 5.92 Å². The van der Waals surface area contributed by atoms with E-state index in [0.717, 1.165) is 12.3 Å². The third-order valence-electron chi connectivity index (χ3n) is 2.74. The van der Waals surface area contributed by atoms with Crippen molar-refractivity contribution in [3.05, 3.63) is 0 Å². The highest BCUT2D eigenvalue weighted by atomic mass is 15.4. The van der Waals surface area contributed by atoms with Crippen LogP contribution in [-0.4, -0.2) is 12.5 Å². The third-order valence-corrected chi connectivity index (χ3v) is 2.74. The van der Waals surface area contributed by atoms with Crippen molar-refractivity contribution in [3.63, 3.8) is 0 Å². The Morgan fingerprint density at radius 2 is 2.00 bits per heavy atom. The topological polar surface area (TPSA) is 76.4 Å². The van der Waals surface area contributed by atoms with Gasteiger partial charge in [-0.15, -0.1) is 0 Å². The summed E-state index contributed by atoms with van der Waals surface area (Å²) in [6.45, 7) is 0. The van der Waals surface area contributed by atoms with E-state index in [9.17, 15) is 0 Å². The zero-order valence-corrected chi connectivity index (χ0v) is 8.78. The van der Waals surface area contributed by atoms with Crippen LogP contribution in [-0.2, 0) is 0 Å². The summed E-state index contributed by atoms with van der Waals surface area (Å²) < 4.78 is 0. The molecule has 0 aromatic heterocycles. The fourth-order valence-electron chi connectivity index (χ4n) is 1.99. The molecule has 0 saturated heterocycles. The lowest BCUT2D eigenvalue weighted by atomic mass is 9.86. The molecule has 0 aromatic carbocycles. The number of hydrogen-bond donors (Lipinski definition) is 3. The van der Waals surface area contributed by atoms with E-state index in [1.54, 1.807) is 0 Å². The lowest BCUT2D eigenvalue weighted by molar-refractivity contribution is 0.344. The summed E-state index contributed by atoms with van der Waals surface area (Å²) in [5.74, 6) is 0.918. The maximum absolute atomic E-state index is 5.27. The summed E-state index contributed by atoms with van der Waals surface area (Å²) in [6.07, 6.45) is 10.7. The molecule has 0 heterocycles. The van der Waals surface area contributed by atoms with Crippen LogP contribution < -0.4 is 16.9 Å². The molecular weight excluding hydrogens is 176 g/mol. The normalized spacial score (nSPS) is 19.4. The Bertz CT molecular complexity index is 162. The minimum absolute atomic E-state index is 0.541. The highest BCUT2D eigenvalue weighted by Gasteiger charge is 2.11. The van der Waals surface area contributed by atoms with E-state index < -0.39 is 6.29 Å². The number of rotatable bonds is 5. The van der Waals surface area contributed by atoms with Gasteiger partial charge in [0, 0.05) is 6.21 Å². The molecule has 5 N–H and O–H groups in total. The average molecular weight is 198 g/mol. The number of hydrazone groups is 1. The summed E-state index contributed by atoms with van der Waals surface area (Å²) in [6, 6.07) is 0. The Morgan fingerprint density at radius 1 is 1.29 bits per heavy atom. The van der Waals surface area contributed by atoms with E-state index in [0.29, 0.717) is 0 Å². The van der Waals surface area contributed by atoms with Crippen molar-refractivity contribution in [2.75, 3.05) is 0 Å². The van der Waals surface area contributed by atoms with Gasteiger partial charge in [-0.25, -0.2) is 0 Å². The van der Waals surface area contributed by atoms with Gasteiger partial charge in [0.15, 0.2) is 0 Å². The lowest BCUT2D eigenvalue weighted by Gasteiger charge is -2.20. The Hall–Kier alpha value is -0.610. The predicted octanol–water partition coefficient (Wildman–Crippen LogP) is 1.12. The maximum atomic E-state index is 5.27. The van der Waals surface area contributed by atoms with Crippen molar-refractivity contribution in [1.29, 1.82) is 0 Å². The first-order chi connectivity index (χ1) is 6.79. The van der Waals surface area contributed by atoms with Gasteiger partial charge in [-0.1, -0.05) is 32.1 Å². The first-order valence-electron chi connectivity index (χ1n) is 5.57. The molecule has 0 aromatic rings. The van der Waals surface area contributed by atoms with E-state index in [4.69, 9.17) is 11.5 Å². The van der Waals surface area contributed by atoms with Gasteiger partial charge in [-0.3, -0.25) is 16.9 Å². The van der Waals surface area contributed by atoms with Gasteiger partial charge in [-0.2, -0.15) is 5.10 Å². The van der Waals surface area contributed by atoms with Crippen LogP contribution in [0.25, 0.3) is 0 Å². The predicted molar refractivity (Wildman–Crippen MR) is 59.6 cm³/mol. The van der Waals surface area contributed by atoms with Crippen LogP contribution >= 0.6 is 0 Å². The van der Waals surface area contributed by atoms with Crippen molar-refractivity contribution >= 4 is 6.21 Å². The molecule has 1 aliphatic carbocycles. The molecule has 0 spiro atoms. The minimum Gasteiger partial charge on any atom is -0.298 e. The molecule has 0 bridgehead atoms. The van der Waals surface area contributed by atoms with Crippen molar-refractivity contribution in [2.24, 2.45) is 22.5 Å². The second kappa shape index (κ2) is 6.79. The molecule has 1 fully saturated rings. The molecule has 14 heavy (non-hydrogen) atoms. The van der Waals surface area contributed by atoms with Crippen LogP contribution in [0.3, 0.4) is 0 Å². The standard InChI is InChI=1S/C10H22N4/c11-10(12)14-13-8-4-7-9-5-2-1-3-6-9/h8-10,14H,1-7,11-12H2/b13-8-. The molecule has 1 aliphatic rings. The fraction of sp³-hybridized carbons (Fsp3) is 0.900. The number of hydrogen-bond acceptors (Lipinski definition) is 4. The zero-order chi connectivity index (χ0) is 10.2. The van der Waals surface area contributed by atoms with E-state index in [1.165, 1.54) is 38.5 Å². The Morgan fingerprint density at radius 3 is 2.64 bits per heavy atom. The molecule has 0 aliphatic heterocycles. The molecule has 1 rings (SSSR count). The van der Waals surface area contributed by atoms with Crippen LogP contribution in [0.2, 0.25) is 0 Å². The van der Waals surface area contributed by atoms with E-state index in [-0.39, 0.29) is 0 Å². The van der Waals surface area contributed by atoms with E-state index in [1.807, 2.05) is 6.21 Å². The van der Waals surface area contributed by atoms with Crippen LogP contribution in [0.4, 0.5) is 0 Å². The maximum Gasteiger partial charge on any atom is 0.142 e. The third kappa shape index (κ3) is 5.19. The Kier molecular flexibility index (Phi) is 5.56. The molecular formula is C10H22N4. The largest absolute Gasteiger partial charge is 0.298 e. The molecule has 0 radical (unpaired) electrons. The van der Waals surface area contributed by atoms with Crippen LogP contribution in [0.5, 0.6) is 0 Å². The molecule has 4 heteroatoms. The molecule has 82 valence electrons. The molecule has 4 nitrogen and oxygen atoms in total. The van der Waals surface area contributed by atoms with Crippen LogP contribution in [0.15, 0.2) is 5.10 Å². The number of nitrogens with one attached hydrogen (secondary N) is 1. The second-order valence-electron chi connectivity index (χ2n) is 4.05. The van der Waals surface area contributed by atoms with Crippen LogP contribution in [0.1, 0.15) is 44.9 Å². The first-order valence-corrected chi connectivity index (χ1v) is 5.57. The first kappa shape index (κ1) is 11.5. The van der Waals surface area contributed by atoms with Gasteiger partial charge >= 0.3 is 0 Å². The van der Waals surface area contributed by atoms with Crippen molar-refractivity contribution in [3.8, 4) is 0 Å². The fourth-order valence-corrected chi connectivity index (χ4v) is 1.99. The summed E-state index contributed by atoms with van der Waals surface area (Å²) in [5.41, 5.74) is 13.1. The summed E-state index contributed by atoms with van der Waals surface area (Å²) in [5, 5.41) is 3.93. The van der Waals surface area contributed by atoms with Gasteiger partial charge < -0.3 is 0 Å². The van der Waals surface area contributed by atoms with Gasteiger partial charge in [-0.05, 0) is 18.8 Å². The average Bonchev–Trinajstić information content (AvgIpc) is 2.18. The van der Waals surface area contributed by atoms with Gasteiger partial charge in [0.05, 0.1) is 0 Å². The van der Waals surface area contributed by atoms with Crippen molar-refractivity contribution in [2.45, 2.75) is 51.2 Å². The summed E-state index contributed by atoms with van der Waals surface area (Å²) >= 11 is 0. The zero-order valence-electron chi connectivity index (χ0n) is 8.78. The molecule has 0 atom stereocenters. The monoisotopic (exact) mass is 198 g/mol. The van der Waals surface area contributed by atoms with Gasteiger partial charge in [0.25, 0.3) is 0 Å². The molecule has 0 amide bonds. The molecule has 1 saturated carbocycles. The van der Waals surface area contributed by atoms with Gasteiger partial charge in [0.1, 0.15) is 6.29 Å². The van der Waals surface area contributed by atoms with Crippen molar-refractivity contribution in [1.82, 2.24) is 5.43 Å². The SMILES string of the molecule is NC(N)N/N=C\CCC1CCCCC1. The molecule has 0 unspecified atom stereocenters. The summed E-state index contributed by atoms with van der Waals surface area (Å²) in [4.78, 5) is 0. The highest BCUT2D eigenvalue weighted by Crippen LogP contribution is 2.26. The van der Waals surface area contributed by atoms with Gasteiger partial charge in [0.2, 0.25) is 0 Å². The quantitative estimate of drug-likeness (QED) is 0.352.